The number of anilines is 1. The zero-order valence-electron chi connectivity index (χ0n) is 14.7. The van der Waals surface area contributed by atoms with E-state index in [1.807, 2.05) is 0 Å². The molecule has 0 aliphatic carbocycles. The van der Waals surface area contributed by atoms with Gasteiger partial charge in [0.15, 0.2) is 0 Å². The van der Waals surface area contributed by atoms with E-state index >= 15 is 0 Å². The molecule has 1 aromatic carbocycles. The van der Waals surface area contributed by atoms with E-state index in [0.717, 1.165) is 0 Å². The summed E-state index contributed by atoms with van der Waals surface area (Å²) >= 11 is 0. The van der Waals surface area contributed by atoms with Crippen LogP contribution in [0.2, 0.25) is 0 Å². The van der Waals surface area contributed by atoms with Gasteiger partial charge in [0.25, 0.3) is 5.91 Å². The molecular formula is C18H21N3O5. The molecule has 0 radical (unpaired) electrons. The summed E-state index contributed by atoms with van der Waals surface area (Å²) in [5.41, 5.74) is 0.228. The molecule has 0 bridgehead atoms. The molecule has 0 heterocycles. The van der Waals surface area contributed by atoms with Crippen molar-refractivity contribution in [2.75, 3.05) is 25.1 Å². The first-order valence-electron chi connectivity index (χ1n) is 8.10. The van der Waals surface area contributed by atoms with Gasteiger partial charge in [-0.1, -0.05) is 12.1 Å². The van der Waals surface area contributed by atoms with E-state index in [0.29, 0.717) is 6.61 Å². The van der Waals surface area contributed by atoms with E-state index in [1.165, 1.54) is 18.3 Å². The molecule has 8 heteroatoms. The molecule has 8 nitrogen and oxygen atoms in total. The molecule has 1 amide bonds. The van der Waals surface area contributed by atoms with E-state index in [-0.39, 0.29) is 42.4 Å². The van der Waals surface area contributed by atoms with Crippen molar-refractivity contribution < 1.29 is 23.9 Å². The van der Waals surface area contributed by atoms with Crippen LogP contribution in [0.15, 0.2) is 36.0 Å². The van der Waals surface area contributed by atoms with Crippen LogP contribution in [0.1, 0.15) is 30.6 Å². The Morgan fingerprint density at radius 3 is 2.50 bits per heavy atom. The van der Waals surface area contributed by atoms with Crippen LogP contribution in [0.5, 0.6) is 0 Å². The fraction of sp³-hybridized carbons (Fsp3) is 0.333. The lowest BCUT2D eigenvalue weighted by Gasteiger charge is -2.10. The quantitative estimate of drug-likeness (QED) is 0.298. The molecule has 0 aliphatic heterocycles. The minimum atomic E-state index is -0.687. The number of rotatable bonds is 9. The molecular weight excluding hydrogens is 338 g/mol. The zero-order chi connectivity index (χ0) is 19.4. The van der Waals surface area contributed by atoms with Gasteiger partial charge in [-0.3, -0.25) is 9.59 Å². The third-order valence-electron chi connectivity index (χ3n) is 3.06. The second kappa shape index (κ2) is 11.3. The predicted octanol–water partition coefficient (Wildman–Crippen LogP) is 1.75. The Morgan fingerprint density at radius 1 is 1.15 bits per heavy atom. The lowest BCUT2D eigenvalue weighted by molar-refractivity contribution is -0.142. The Kier molecular flexibility index (Phi) is 8.96. The normalized spacial score (nSPS) is 10.4. The summed E-state index contributed by atoms with van der Waals surface area (Å²) in [5.74, 6) is -1.63. The van der Waals surface area contributed by atoms with Crippen molar-refractivity contribution in [1.29, 1.82) is 5.26 Å². The summed E-state index contributed by atoms with van der Waals surface area (Å²) < 4.78 is 9.70. The van der Waals surface area contributed by atoms with Crippen molar-refractivity contribution >= 4 is 23.5 Å². The molecule has 2 N–H and O–H groups in total. The predicted molar refractivity (Wildman–Crippen MR) is 94.0 cm³/mol. The maximum atomic E-state index is 12.2. The number of carbonyl (C=O) groups excluding carboxylic acids is 3. The van der Waals surface area contributed by atoms with Crippen molar-refractivity contribution in [3.63, 3.8) is 0 Å². The molecule has 0 aliphatic rings. The first kappa shape index (κ1) is 20.7. The third kappa shape index (κ3) is 6.65. The van der Waals surface area contributed by atoms with Crippen molar-refractivity contribution in [3.8, 4) is 6.07 Å². The number of para-hydroxylation sites is 1. The highest BCUT2D eigenvalue weighted by Crippen LogP contribution is 2.17. The smallest absolute Gasteiger partial charge is 0.340 e. The van der Waals surface area contributed by atoms with Gasteiger partial charge >= 0.3 is 11.9 Å². The Bertz CT molecular complexity index is 722. The van der Waals surface area contributed by atoms with Gasteiger partial charge in [-0.15, -0.1) is 0 Å². The Hall–Kier alpha value is -3.34. The second-order valence-electron chi connectivity index (χ2n) is 4.90. The van der Waals surface area contributed by atoms with Gasteiger partial charge in [-0.2, -0.15) is 5.26 Å². The lowest BCUT2D eigenvalue weighted by atomic mass is 10.1. The van der Waals surface area contributed by atoms with Crippen molar-refractivity contribution in [3.05, 3.63) is 41.6 Å². The standard InChI is InChI=1S/C18H21N3O5/c1-3-25-16(22)9-10-20-12-13(11-19)17(23)21-15-8-6-5-7-14(15)18(24)26-4-2/h5-8,12,20H,3-4,9-10H2,1-2H3,(H,21,23)/b13-12-. The molecule has 0 saturated carbocycles. The van der Waals surface area contributed by atoms with Gasteiger partial charge in [-0.25, -0.2) is 4.79 Å². The number of nitrogens with one attached hydrogen (secondary N) is 2. The molecule has 0 spiro atoms. The highest BCUT2D eigenvalue weighted by molar-refractivity contribution is 6.09. The summed E-state index contributed by atoms with van der Waals surface area (Å²) in [7, 11) is 0. The fourth-order valence-electron chi connectivity index (χ4n) is 1.90. The van der Waals surface area contributed by atoms with Crippen LogP contribution in [-0.2, 0) is 19.1 Å². The minimum absolute atomic E-state index is 0.107. The van der Waals surface area contributed by atoms with Crippen LogP contribution in [0, 0.1) is 11.3 Å². The van der Waals surface area contributed by atoms with Crippen LogP contribution in [0.4, 0.5) is 5.69 Å². The summed E-state index contributed by atoms with van der Waals surface area (Å²) in [6.45, 7) is 4.10. The van der Waals surface area contributed by atoms with Crippen LogP contribution < -0.4 is 10.6 Å². The summed E-state index contributed by atoms with van der Waals surface area (Å²) in [5, 5.41) is 14.3. The maximum Gasteiger partial charge on any atom is 0.340 e. The third-order valence-corrected chi connectivity index (χ3v) is 3.06. The highest BCUT2D eigenvalue weighted by Gasteiger charge is 2.16. The molecule has 1 aromatic rings. The first-order chi connectivity index (χ1) is 12.5. The molecule has 0 atom stereocenters. The van der Waals surface area contributed by atoms with E-state index in [2.05, 4.69) is 10.6 Å². The number of hydrogen-bond donors (Lipinski definition) is 2. The molecule has 1 rings (SSSR count). The number of carbonyl (C=O) groups is 3. The summed E-state index contributed by atoms with van der Waals surface area (Å²) in [4.78, 5) is 35.3. The van der Waals surface area contributed by atoms with Crippen LogP contribution in [-0.4, -0.2) is 37.6 Å². The Labute approximate surface area is 151 Å². The average molecular weight is 359 g/mol. The lowest BCUT2D eigenvalue weighted by Crippen LogP contribution is -2.20. The van der Waals surface area contributed by atoms with Crippen LogP contribution in [0.3, 0.4) is 0 Å². The van der Waals surface area contributed by atoms with Crippen molar-refractivity contribution in [2.24, 2.45) is 0 Å². The Morgan fingerprint density at radius 2 is 1.85 bits per heavy atom. The summed E-state index contributed by atoms with van der Waals surface area (Å²) in [6.07, 6.45) is 1.32. The van der Waals surface area contributed by atoms with E-state index in [4.69, 9.17) is 14.7 Å². The first-order valence-corrected chi connectivity index (χ1v) is 8.10. The fourth-order valence-corrected chi connectivity index (χ4v) is 1.90. The van der Waals surface area contributed by atoms with E-state index in [9.17, 15) is 14.4 Å². The number of nitrogens with zero attached hydrogens (tertiary/aromatic N) is 1. The number of esters is 2. The molecule has 138 valence electrons. The number of amides is 1. The topological polar surface area (TPSA) is 118 Å². The molecule has 0 fully saturated rings. The SMILES string of the molecule is CCOC(=O)CCN/C=C(/C#N)C(=O)Nc1ccccc1C(=O)OCC. The monoisotopic (exact) mass is 359 g/mol. The number of benzene rings is 1. The number of ether oxygens (including phenoxy) is 2. The van der Waals surface area contributed by atoms with E-state index < -0.39 is 11.9 Å². The van der Waals surface area contributed by atoms with Gasteiger partial charge < -0.3 is 20.1 Å². The van der Waals surface area contributed by atoms with Crippen LogP contribution >= 0.6 is 0 Å². The summed E-state index contributed by atoms with van der Waals surface area (Å²) in [6, 6.07) is 8.10. The largest absolute Gasteiger partial charge is 0.466 e. The van der Waals surface area contributed by atoms with Gasteiger partial charge in [0.2, 0.25) is 0 Å². The van der Waals surface area contributed by atoms with Gasteiger partial charge in [0.05, 0.1) is 30.9 Å². The molecule has 0 saturated heterocycles. The Balaban J connectivity index is 2.73. The molecule has 0 unspecified atom stereocenters. The van der Waals surface area contributed by atoms with Crippen molar-refractivity contribution in [2.45, 2.75) is 20.3 Å². The zero-order valence-corrected chi connectivity index (χ0v) is 14.7. The second-order valence-corrected chi connectivity index (χ2v) is 4.90. The minimum Gasteiger partial charge on any atom is -0.466 e. The van der Waals surface area contributed by atoms with Crippen LogP contribution in [0.25, 0.3) is 0 Å². The van der Waals surface area contributed by atoms with Gasteiger partial charge in [-0.05, 0) is 26.0 Å². The molecule has 0 aromatic heterocycles. The maximum absolute atomic E-state index is 12.2. The van der Waals surface area contributed by atoms with Crippen molar-refractivity contribution in [1.82, 2.24) is 5.32 Å². The van der Waals surface area contributed by atoms with Gasteiger partial charge in [0, 0.05) is 12.7 Å². The van der Waals surface area contributed by atoms with E-state index in [1.54, 1.807) is 32.0 Å². The highest BCUT2D eigenvalue weighted by atomic mass is 16.5. The number of hydrogen-bond acceptors (Lipinski definition) is 7. The molecule has 26 heavy (non-hydrogen) atoms. The average Bonchev–Trinajstić information content (AvgIpc) is 2.62. The number of nitriles is 1. The van der Waals surface area contributed by atoms with Gasteiger partial charge in [0.1, 0.15) is 11.6 Å².